The summed E-state index contributed by atoms with van der Waals surface area (Å²) in [4.78, 5) is 4.16. The summed E-state index contributed by atoms with van der Waals surface area (Å²) in [6, 6.07) is 3.92. The molecule has 0 aliphatic heterocycles. The first-order chi connectivity index (χ1) is 7.81. The molecule has 1 heterocycles. The summed E-state index contributed by atoms with van der Waals surface area (Å²) in [5.41, 5.74) is 2.14. The number of hydrogen-bond acceptors (Lipinski definition) is 3. The van der Waals surface area contributed by atoms with Crippen LogP contribution in [0.25, 0.3) is 5.57 Å². The lowest BCUT2D eigenvalue weighted by atomic mass is 10.1. The van der Waals surface area contributed by atoms with Crippen molar-refractivity contribution < 1.29 is 0 Å². The van der Waals surface area contributed by atoms with Crippen LogP contribution in [0.15, 0.2) is 36.7 Å². The molecule has 0 aromatic carbocycles. The highest BCUT2D eigenvalue weighted by Gasteiger charge is 2.00. The van der Waals surface area contributed by atoms with Crippen LogP contribution in [0.1, 0.15) is 5.56 Å². The van der Waals surface area contributed by atoms with Gasteiger partial charge in [-0.2, -0.15) is 0 Å². The number of pyridine rings is 1. The van der Waals surface area contributed by atoms with Gasteiger partial charge in [0.1, 0.15) is 5.82 Å². The molecule has 3 nitrogen and oxygen atoms in total. The molecular weight excluding hydrogens is 222 g/mol. The molecule has 0 aliphatic rings. The van der Waals surface area contributed by atoms with Crippen molar-refractivity contribution in [3.63, 3.8) is 0 Å². The Labute approximate surface area is 101 Å². The molecule has 0 amide bonds. The monoisotopic (exact) mass is 237 g/mol. The van der Waals surface area contributed by atoms with Crippen molar-refractivity contribution >= 4 is 23.0 Å². The van der Waals surface area contributed by atoms with Crippen LogP contribution in [0.5, 0.6) is 0 Å². The first-order valence-corrected chi connectivity index (χ1v) is 5.58. The maximum Gasteiger partial charge on any atom is 0.126 e. The molecule has 0 unspecified atom stereocenters. The lowest BCUT2D eigenvalue weighted by Gasteiger charge is -2.05. The molecule has 0 fully saturated rings. The van der Waals surface area contributed by atoms with E-state index >= 15 is 0 Å². The summed E-state index contributed by atoms with van der Waals surface area (Å²) in [7, 11) is 3.70. The Bertz CT molecular complexity index is 386. The van der Waals surface area contributed by atoms with E-state index in [4.69, 9.17) is 11.6 Å². The Kier molecular flexibility index (Phi) is 5.43. The highest BCUT2D eigenvalue weighted by Crippen LogP contribution is 2.18. The number of aromatic nitrogens is 1. The third kappa shape index (κ3) is 3.59. The lowest BCUT2D eigenvalue weighted by molar-refractivity contribution is 1.10. The second-order valence-corrected chi connectivity index (χ2v) is 3.42. The van der Waals surface area contributed by atoms with Gasteiger partial charge in [0.05, 0.1) is 0 Å². The van der Waals surface area contributed by atoms with E-state index in [0.29, 0.717) is 5.88 Å². The number of nitrogens with one attached hydrogen (secondary N) is 2. The summed E-state index contributed by atoms with van der Waals surface area (Å²) in [6.07, 6.45) is 7.53. The maximum atomic E-state index is 5.91. The number of nitrogens with zero attached hydrogens (tertiary/aromatic N) is 1. The van der Waals surface area contributed by atoms with Gasteiger partial charge in [0.2, 0.25) is 0 Å². The molecule has 0 saturated heterocycles. The number of allylic oxidation sites excluding steroid dienone is 3. The summed E-state index contributed by atoms with van der Waals surface area (Å²) in [5.74, 6) is 1.31. The second kappa shape index (κ2) is 6.90. The van der Waals surface area contributed by atoms with Crippen LogP contribution in [0.4, 0.5) is 5.82 Å². The van der Waals surface area contributed by atoms with E-state index in [0.717, 1.165) is 17.0 Å². The molecule has 0 spiro atoms. The average molecular weight is 238 g/mol. The van der Waals surface area contributed by atoms with Gasteiger partial charge in [-0.05, 0) is 35.5 Å². The highest BCUT2D eigenvalue weighted by molar-refractivity contribution is 6.23. The minimum Gasteiger partial charge on any atom is -0.394 e. The van der Waals surface area contributed by atoms with E-state index in [1.807, 2.05) is 44.6 Å². The number of anilines is 1. The van der Waals surface area contributed by atoms with Crippen LogP contribution in [-0.2, 0) is 0 Å². The first kappa shape index (κ1) is 12.6. The quantitative estimate of drug-likeness (QED) is 0.610. The molecule has 0 atom stereocenters. The van der Waals surface area contributed by atoms with Gasteiger partial charge >= 0.3 is 0 Å². The van der Waals surface area contributed by atoms with Crippen molar-refractivity contribution in [2.75, 3.05) is 25.3 Å². The van der Waals surface area contributed by atoms with E-state index < -0.39 is 0 Å². The van der Waals surface area contributed by atoms with Crippen LogP contribution in [0.2, 0.25) is 0 Å². The molecule has 1 rings (SSSR count). The Hall–Kier alpha value is -1.48. The molecule has 4 heteroatoms. The van der Waals surface area contributed by atoms with Gasteiger partial charge < -0.3 is 10.6 Å². The normalized spacial score (nSPS) is 11.8. The standard InChI is InChI=1S/C12H16ClN3/c1-14-6-3-4-11(9-13)10-5-7-16-12(8-10)15-2/h3-8,14H,9H2,1-2H3,(H,15,16)/b6-3-,11-4+. The summed E-state index contributed by atoms with van der Waals surface area (Å²) >= 11 is 5.91. The Morgan fingerprint density at radius 2 is 2.31 bits per heavy atom. The Morgan fingerprint density at radius 3 is 2.94 bits per heavy atom. The predicted molar refractivity (Wildman–Crippen MR) is 70.7 cm³/mol. The molecule has 1 aromatic rings. The molecule has 0 aliphatic carbocycles. The third-order valence-corrected chi connectivity index (χ3v) is 2.38. The molecule has 86 valence electrons. The van der Waals surface area contributed by atoms with Crippen LogP contribution in [0, 0.1) is 0 Å². The van der Waals surface area contributed by atoms with Crippen molar-refractivity contribution in [1.82, 2.24) is 10.3 Å². The SMILES string of the molecule is CN/C=C\C=C(/CCl)c1ccnc(NC)c1. The van der Waals surface area contributed by atoms with Gasteiger partial charge in [-0.3, -0.25) is 0 Å². The molecule has 0 bridgehead atoms. The van der Waals surface area contributed by atoms with Crippen molar-refractivity contribution in [2.45, 2.75) is 0 Å². The van der Waals surface area contributed by atoms with Gasteiger partial charge in [-0.15, -0.1) is 11.6 Å². The fraction of sp³-hybridized carbons (Fsp3) is 0.250. The van der Waals surface area contributed by atoms with Crippen LogP contribution in [-0.4, -0.2) is 25.0 Å². The molecule has 0 radical (unpaired) electrons. The third-order valence-electron chi connectivity index (χ3n) is 2.09. The summed E-state index contributed by atoms with van der Waals surface area (Å²) in [6.45, 7) is 0. The minimum atomic E-state index is 0.473. The number of hydrogen-bond donors (Lipinski definition) is 2. The predicted octanol–water partition coefficient (Wildman–Crippen LogP) is 2.48. The summed E-state index contributed by atoms with van der Waals surface area (Å²) in [5, 5.41) is 5.93. The largest absolute Gasteiger partial charge is 0.394 e. The smallest absolute Gasteiger partial charge is 0.126 e. The zero-order valence-corrected chi connectivity index (χ0v) is 10.3. The zero-order chi connectivity index (χ0) is 11.8. The van der Waals surface area contributed by atoms with E-state index in [1.165, 1.54) is 0 Å². The molecule has 16 heavy (non-hydrogen) atoms. The fourth-order valence-corrected chi connectivity index (χ4v) is 1.49. The molecular formula is C12H16ClN3. The summed E-state index contributed by atoms with van der Waals surface area (Å²) < 4.78 is 0. The maximum absolute atomic E-state index is 5.91. The second-order valence-electron chi connectivity index (χ2n) is 3.15. The van der Waals surface area contributed by atoms with Gasteiger partial charge in [-0.25, -0.2) is 4.98 Å². The minimum absolute atomic E-state index is 0.473. The molecule has 2 N–H and O–H groups in total. The lowest BCUT2D eigenvalue weighted by Crippen LogP contribution is -1.94. The zero-order valence-electron chi connectivity index (χ0n) is 9.50. The van der Waals surface area contributed by atoms with Crippen molar-refractivity contribution in [3.05, 3.63) is 42.2 Å². The van der Waals surface area contributed by atoms with Gasteiger partial charge in [0, 0.05) is 26.2 Å². The van der Waals surface area contributed by atoms with Crippen molar-refractivity contribution in [3.8, 4) is 0 Å². The van der Waals surface area contributed by atoms with Crippen LogP contribution in [0.3, 0.4) is 0 Å². The topological polar surface area (TPSA) is 37.0 Å². The van der Waals surface area contributed by atoms with Crippen molar-refractivity contribution in [1.29, 1.82) is 0 Å². The van der Waals surface area contributed by atoms with E-state index in [2.05, 4.69) is 15.6 Å². The number of halogens is 1. The average Bonchev–Trinajstić information content (AvgIpc) is 2.35. The van der Waals surface area contributed by atoms with E-state index in [1.54, 1.807) is 6.20 Å². The van der Waals surface area contributed by atoms with Gasteiger partial charge in [-0.1, -0.05) is 6.08 Å². The Balaban J connectivity index is 2.94. The molecule has 0 saturated carbocycles. The van der Waals surface area contributed by atoms with Crippen LogP contribution < -0.4 is 10.6 Å². The highest BCUT2D eigenvalue weighted by atomic mass is 35.5. The van der Waals surface area contributed by atoms with Crippen molar-refractivity contribution in [2.24, 2.45) is 0 Å². The Morgan fingerprint density at radius 1 is 1.50 bits per heavy atom. The van der Waals surface area contributed by atoms with Gasteiger partial charge in [0.25, 0.3) is 0 Å². The number of rotatable bonds is 5. The fourth-order valence-electron chi connectivity index (χ4n) is 1.25. The van der Waals surface area contributed by atoms with E-state index in [-0.39, 0.29) is 0 Å². The first-order valence-electron chi connectivity index (χ1n) is 5.05. The van der Waals surface area contributed by atoms with Crippen LogP contribution >= 0.6 is 11.6 Å². The van der Waals surface area contributed by atoms with Gasteiger partial charge in [0.15, 0.2) is 0 Å². The van der Waals surface area contributed by atoms with E-state index in [9.17, 15) is 0 Å². The molecule has 1 aromatic heterocycles. The number of alkyl halides is 1.